The lowest BCUT2D eigenvalue weighted by Gasteiger charge is -2.22. The SMILES string of the molecule is c1ccc(-c2ccc(CNC3CCOCC3)s2)cc1. The highest BCUT2D eigenvalue weighted by Gasteiger charge is 2.13. The van der Waals surface area contributed by atoms with Gasteiger partial charge in [0.2, 0.25) is 0 Å². The number of thiophene rings is 1. The Hall–Kier alpha value is -1.16. The Morgan fingerprint density at radius 2 is 1.84 bits per heavy atom. The third-order valence-corrected chi connectivity index (χ3v) is 4.64. The summed E-state index contributed by atoms with van der Waals surface area (Å²) in [6.07, 6.45) is 2.27. The molecular formula is C16H19NOS. The molecule has 0 radical (unpaired) electrons. The van der Waals surface area contributed by atoms with Gasteiger partial charge in [-0.1, -0.05) is 30.3 Å². The van der Waals surface area contributed by atoms with E-state index in [0.29, 0.717) is 6.04 Å². The van der Waals surface area contributed by atoms with E-state index in [4.69, 9.17) is 4.74 Å². The van der Waals surface area contributed by atoms with Crippen LogP contribution in [0.25, 0.3) is 10.4 Å². The largest absolute Gasteiger partial charge is 0.381 e. The van der Waals surface area contributed by atoms with E-state index < -0.39 is 0 Å². The zero-order chi connectivity index (χ0) is 12.9. The molecule has 2 aromatic rings. The van der Waals surface area contributed by atoms with Crippen molar-refractivity contribution in [1.82, 2.24) is 5.32 Å². The molecule has 2 heterocycles. The lowest BCUT2D eigenvalue weighted by atomic mass is 10.1. The van der Waals surface area contributed by atoms with Crippen molar-refractivity contribution >= 4 is 11.3 Å². The molecule has 19 heavy (non-hydrogen) atoms. The van der Waals surface area contributed by atoms with Crippen molar-refractivity contribution in [2.75, 3.05) is 13.2 Å². The summed E-state index contributed by atoms with van der Waals surface area (Å²) < 4.78 is 5.38. The van der Waals surface area contributed by atoms with E-state index in [-0.39, 0.29) is 0 Å². The molecule has 0 amide bonds. The van der Waals surface area contributed by atoms with Crippen molar-refractivity contribution in [3.05, 3.63) is 47.3 Å². The Bertz CT molecular complexity index is 502. The van der Waals surface area contributed by atoms with Gasteiger partial charge in [-0.2, -0.15) is 0 Å². The van der Waals surface area contributed by atoms with Gasteiger partial charge in [0.25, 0.3) is 0 Å². The lowest BCUT2D eigenvalue weighted by molar-refractivity contribution is 0.0777. The van der Waals surface area contributed by atoms with E-state index in [9.17, 15) is 0 Å². The second kappa shape index (κ2) is 6.33. The van der Waals surface area contributed by atoms with Crippen LogP contribution in [0, 0.1) is 0 Å². The first-order valence-corrected chi connectivity index (χ1v) is 7.69. The molecule has 0 atom stereocenters. The molecule has 0 bridgehead atoms. The van der Waals surface area contributed by atoms with Gasteiger partial charge in [0, 0.05) is 35.6 Å². The van der Waals surface area contributed by atoms with Crippen molar-refractivity contribution in [3.8, 4) is 10.4 Å². The first-order valence-electron chi connectivity index (χ1n) is 6.87. The average Bonchev–Trinajstić information content (AvgIpc) is 2.96. The van der Waals surface area contributed by atoms with E-state index in [2.05, 4.69) is 47.8 Å². The van der Waals surface area contributed by atoms with E-state index in [1.807, 2.05) is 11.3 Å². The fraction of sp³-hybridized carbons (Fsp3) is 0.375. The van der Waals surface area contributed by atoms with E-state index in [0.717, 1.165) is 32.6 Å². The van der Waals surface area contributed by atoms with Crippen LogP contribution in [0.4, 0.5) is 0 Å². The van der Waals surface area contributed by atoms with Crippen LogP contribution in [-0.2, 0) is 11.3 Å². The minimum Gasteiger partial charge on any atom is -0.381 e. The molecule has 1 N–H and O–H groups in total. The summed E-state index contributed by atoms with van der Waals surface area (Å²) in [6, 6.07) is 15.7. The molecule has 1 aliphatic rings. The highest BCUT2D eigenvalue weighted by Crippen LogP contribution is 2.27. The maximum Gasteiger partial charge on any atom is 0.0480 e. The van der Waals surface area contributed by atoms with Gasteiger partial charge < -0.3 is 10.1 Å². The van der Waals surface area contributed by atoms with Gasteiger partial charge >= 0.3 is 0 Å². The van der Waals surface area contributed by atoms with Crippen LogP contribution < -0.4 is 5.32 Å². The summed E-state index contributed by atoms with van der Waals surface area (Å²) in [4.78, 5) is 2.76. The second-order valence-electron chi connectivity index (χ2n) is 4.90. The molecule has 100 valence electrons. The average molecular weight is 273 g/mol. The van der Waals surface area contributed by atoms with Crippen LogP contribution in [0.1, 0.15) is 17.7 Å². The molecule has 3 rings (SSSR count). The first kappa shape index (κ1) is 12.9. The molecule has 0 spiro atoms. The Kier molecular flexibility index (Phi) is 4.28. The number of rotatable bonds is 4. The number of hydrogen-bond donors (Lipinski definition) is 1. The fourth-order valence-corrected chi connectivity index (χ4v) is 3.34. The predicted molar refractivity (Wildman–Crippen MR) is 80.4 cm³/mol. The Morgan fingerprint density at radius 3 is 2.63 bits per heavy atom. The molecule has 1 aromatic carbocycles. The third-order valence-electron chi connectivity index (χ3n) is 3.51. The minimum atomic E-state index is 0.621. The van der Waals surface area contributed by atoms with Crippen LogP contribution >= 0.6 is 11.3 Å². The van der Waals surface area contributed by atoms with Crippen LogP contribution in [0.3, 0.4) is 0 Å². The Morgan fingerprint density at radius 1 is 1.05 bits per heavy atom. The number of benzene rings is 1. The van der Waals surface area contributed by atoms with Crippen LogP contribution in [0.2, 0.25) is 0 Å². The third kappa shape index (κ3) is 3.44. The summed E-state index contributed by atoms with van der Waals surface area (Å²) in [7, 11) is 0. The summed E-state index contributed by atoms with van der Waals surface area (Å²) in [5.74, 6) is 0. The van der Waals surface area contributed by atoms with Gasteiger partial charge in [0.15, 0.2) is 0 Å². The van der Waals surface area contributed by atoms with Gasteiger partial charge in [-0.3, -0.25) is 0 Å². The molecule has 0 unspecified atom stereocenters. The van der Waals surface area contributed by atoms with E-state index in [1.54, 1.807) is 0 Å². The summed E-state index contributed by atoms with van der Waals surface area (Å²) >= 11 is 1.88. The van der Waals surface area contributed by atoms with Gasteiger partial charge in [0.1, 0.15) is 0 Å². The van der Waals surface area contributed by atoms with Crippen molar-refractivity contribution in [3.63, 3.8) is 0 Å². The zero-order valence-electron chi connectivity index (χ0n) is 11.0. The van der Waals surface area contributed by atoms with Gasteiger partial charge in [-0.25, -0.2) is 0 Å². The van der Waals surface area contributed by atoms with Crippen LogP contribution in [-0.4, -0.2) is 19.3 Å². The molecule has 1 aromatic heterocycles. The van der Waals surface area contributed by atoms with Crippen LogP contribution in [0.5, 0.6) is 0 Å². The highest BCUT2D eigenvalue weighted by molar-refractivity contribution is 7.15. The zero-order valence-corrected chi connectivity index (χ0v) is 11.8. The van der Waals surface area contributed by atoms with Gasteiger partial charge in [-0.15, -0.1) is 11.3 Å². The van der Waals surface area contributed by atoms with Crippen molar-refractivity contribution in [2.45, 2.75) is 25.4 Å². The molecule has 3 heteroatoms. The maximum absolute atomic E-state index is 5.38. The Labute approximate surface area is 118 Å². The first-order chi connectivity index (χ1) is 9.42. The summed E-state index contributed by atoms with van der Waals surface area (Å²) in [5, 5.41) is 3.63. The smallest absolute Gasteiger partial charge is 0.0480 e. The normalized spacial score (nSPS) is 16.6. The minimum absolute atomic E-state index is 0.621. The maximum atomic E-state index is 5.38. The molecule has 2 nitrogen and oxygen atoms in total. The van der Waals surface area contributed by atoms with Gasteiger partial charge in [0.05, 0.1) is 0 Å². The molecule has 1 fully saturated rings. The molecule has 1 saturated heterocycles. The van der Waals surface area contributed by atoms with Crippen LogP contribution in [0.15, 0.2) is 42.5 Å². The molecule has 0 aliphatic carbocycles. The van der Waals surface area contributed by atoms with Crippen molar-refractivity contribution in [2.24, 2.45) is 0 Å². The van der Waals surface area contributed by atoms with Crippen molar-refractivity contribution < 1.29 is 4.74 Å². The van der Waals surface area contributed by atoms with Crippen molar-refractivity contribution in [1.29, 1.82) is 0 Å². The number of nitrogens with one attached hydrogen (secondary N) is 1. The number of ether oxygens (including phenoxy) is 1. The van der Waals surface area contributed by atoms with E-state index in [1.165, 1.54) is 15.3 Å². The second-order valence-corrected chi connectivity index (χ2v) is 6.07. The Balaban J connectivity index is 1.59. The summed E-state index contributed by atoms with van der Waals surface area (Å²) in [5.41, 5.74) is 1.31. The van der Waals surface area contributed by atoms with Gasteiger partial charge in [-0.05, 0) is 30.5 Å². The molecular weight excluding hydrogens is 254 g/mol. The standard InChI is InChI=1S/C16H19NOS/c1-2-4-13(5-3-1)16-7-6-15(19-16)12-17-14-8-10-18-11-9-14/h1-7,14,17H,8-12H2. The monoisotopic (exact) mass is 273 g/mol. The molecule has 0 saturated carbocycles. The number of hydrogen-bond acceptors (Lipinski definition) is 3. The van der Waals surface area contributed by atoms with E-state index >= 15 is 0 Å². The molecule has 1 aliphatic heterocycles. The lowest BCUT2D eigenvalue weighted by Crippen LogP contribution is -2.34. The quantitative estimate of drug-likeness (QED) is 0.917. The predicted octanol–water partition coefficient (Wildman–Crippen LogP) is 3.68. The fourth-order valence-electron chi connectivity index (χ4n) is 2.38. The topological polar surface area (TPSA) is 21.3 Å². The summed E-state index contributed by atoms with van der Waals surface area (Å²) in [6.45, 7) is 2.77. The highest BCUT2D eigenvalue weighted by atomic mass is 32.1.